The predicted molar refractivity (Wildman–Crippen MR) is 69.1 cm³/mol. The second-order valence-electron chi connectivity index (χ2n) is 6.80. The van der Waals surface area contributed by atoms with E-state index in [-0.39, 0.29) is 11.5 Å². The highest BCUT2D eigenvalue weighted by atomic mass is 16.6. The molecule has 1 aliphatic rings. The Labute approximate surface area is 105 Å². The van der Waals surface area contributed by atoms with E-state index in [4.69, 9.17) is 4.74 Å². The summed E-state index contributed by atoms with van der Waals surface area (Å²) in [6, 6.07) is 0.323. The molecule has 0 bridgehead atoms. The zero-order valence-electron chi connectivity index (χ0n) is 12.0. The molecule has 0 saturated carbocycles. The summed E-state index contributed by atoms with van der Waals surface area (Å²) in [5, 5.41) is 3.46. The minimum Gasteiger partial charge on any atom is -0.444 e. The van der Waals surface area contributed by atoms with Gasteiger partial charge < -0.3 is 15.0 Å². The van der Waals surface area contributed by atoms with Crippen molar-refractivity contribution in [3.8, 4) is 0 Å². The van der Waals surface area contributed by atoms with Crippen LogP contribution in [0.2, 0.25) is 0 Å². The second-order valence-corrected chi connectivity index (χ2v) is 6.80. The molecule has 1 aliphatic heterocycles. The van der Waals surface area contributed by atoms with Crippen LogP contribution in [0, 0.1) is 5.41 Å². The lowest BCUT2D eigenvalue weighted by Crippen LogP contribution is -2.57. The van der Waals surface area contributed by atoms with Gasteiger partial charge in [-0.3, -0.25) is 0 Å². The van der Waals surface area contributed by atoms with E-state index in [9.17, 15) is 4.79 Å². The number of hydrogen-bond acceptors (Lipinski definition) is 3. The lowest BCUT2D eigenvalue weighted by molar-refractivity contribution is 0.0148. The maximum absolute atomic E-state index is 12.0. The molecule has 1 heterocycles. The maximum atomic E-state index is 12.0. The van der Waals surface area contributed by atoms with Crippen molar-refractivity contribution < 1.29 is 9.53 Å². The summed E-state index contributed by atoms with van der Waals surface area (Å²) < 4.78 is 5.40. The molecule has 1 fully saturated rings. The van der Waals surface area contributed by atoms with Crippen LogP contribution in [0.4, 0.5) is 4.79 Å². The van der Waals surface area contributed by atoms with Crippen LogP contribution < -0.4 is 5.32 Å². The Hall–Kier alpha value is -0.770. The van der Waals surface area contributed by atoms with Crippen molar-refractivity contribution in [2.45, 2.75) is 53.2 Å². The second kappa shape index (κ2) is 4.84. The molecular formula is C13H26N2O2. The van der Waals surface area contributed by atoms with Crippen molar-refractivity contribution in [2.24, 2.45) is 5.41 Å². The molecule has 4 heteroatoms. The number of rotatable bonds is 0. The van der Waals surface area contributed by atoms with Gasteiger partial charge in [0.25, 0.3) is 0 Å². The molecule has 1 saturated heterocycles. The van der Waals surface area contributed by atoms with E-state index in [1.165, 1.54) is 0 Å². The molecule has 100 valence electrons. The van der Waals surface area contributed by atoms with Crippen molar-refractivity contribution in [3.63, 3.8) is 0 Å². The van der Waals surface area contributed by atoms with Crippen LogP contribution in [0.3, 0.4) is 0 Å². The molecule has 0 unspecified atom stereocenters. The molecular weight excluding hydrogens is 216 g/mol. The van der Waals surface area contributed by atoms with Crippen LogP contribution >= 0.6 is 0 Å². The summed E-state index contributed by atoms with van der Waals surface area (Å²) >= 11 is 0. The Balaban J connectivity index is 2.58. The number of carbonyl (C=O) groups excluding carboxylic acids is 1. The Morgan fingerprint density at radius 3 is 2.29 bits per heavy atom. The fourth-order valence-electron chi connectivity index (χ4n) is 1.82. The number of ether oxygens (including phenoxy) is 1. The molecule has 1 N–H and O–H groups in total. The molecule has 0 spiro atoms. The van der Waals surface area contributed by atoms with Crippen LogP contribution in [0.15, 0.2) is 0 Å². The molecule has 1 atom stereocenters. The lowest BCUT2D eigenvalue weighted by Gasteiger charge is -2.40. The van der Waals surface area contributed by atoms with E-state index >= 15 is 0 Å². The average Bonchev–Trinajstić information content (AvgIpc) is 2.14. The van der Waals surface area contributed by atoms with Gasteiger partial charge in [0.2, 0.25) is 0 Å². The van der Waals surface area contributed by atoms with Crippen molar-refractivity contribution in [2.75, 3.05) is 19.6 Å². The van der Waals surface area contributed by atoms with Crippen LogP contribution in [0.25, 0.3) is 0 Å². The van der Waals surface area contributed by atoms with Gasteiger partial charge in [-0.15, -0.1) is 0 Å². The van der Waals surface area contributed by atoms with Gasteiger partial charge in [0, 0.05) is 25.7 Å². The summed E-state index contributed by atoms with van der Waals surface area (Å²) in [5.41, 5.74) is -0.264. The van der Waals surface area contributed by atoms with E-state index in [0.717, 1.165) is 19.6 Å². The van der Waals surface area contributed by atoms with E-state index < -0.39 is 5.60 Å². The van der Waals surface area contributed by atoms with E-state index in [1.54, 1.807) is 4.90 Å². The summed E-state index contributed by atoms with van der Waals surface area (Å²) in [6.45, 7) is 14.5. The van der Waals surface area contributed by atoms with Crippen LogP contribution in [0.1, 0.15) is 41.5 Å². The quantitative estimate of drug-likeness (QED) is 0.708. The van der Waals surface area contributed by atoms with Crippen molar-refractivity contribution in [1.29, 1.82) is 0 Å². The Morgan fingerprint density at radius 1 is 1.24 bits per heavy atom. The fraction of sp³-hybridized carbons (Fsp3) is 0.923. The number of hydrogen-bond donors (Lipinski definition) is 1. The minimum atomic E-state index is -0.417. The highest BCUT2D eigenvalue weighted by Crippen LogP contribution is 2.22. The predicted octanol–water partition coefficient (Wildman–Crippen LogP) is 2.24. The molecule has 0 aliphatic carbocycles. The van der Waals surface area contributed by atoms with E-state index in [0.29, 0.717) is 6.04 Å². The van der Waals surface area contributed by atoms with Crippen molar-refractivity contribution >= 4 is 6.09 Å². The largest absolute Gasteiger partial charge is 0.444 e. The first-order chi connectivity index (χ1) is 7.59. The molecule has 1 amide bonds. The first-order valence-corrected chi connectivity index (χ1v) is 6.31. The summed E-state index contributed by atoms with van der Waals surface area (Å²) in [4.78, 5) is 13.8. The first kappa shape index (κ1) is 14.3. The number of piperazine rings is 1. The smallest absolute Gasteiger partial charge is 0.410 e. The standard InChI is InChI=1S/C13H26N2O2/c1-12(2,3)10-9-15(8-7-14-10)11(16)17-13(4,5)6/h10,14H,7-9H2,1-6H3/t10-/m1/s1. The number of nitrogens with one attached hydrogen (secondary N) is 1. The van der Waals surface area contributed by atoms with Gasteiger partial charge in [-0.05, 0) is 26.2 Å². The molecule has 4 nitrogen and oxygen atoms in total. The third-order valence-electron chi connectivity index (χ3n) is 2.87. The Bertz CT molecular complexity index is 276. The molecule has 1 rings (SSSR count). The van der Waals surface area contributed by atoms with Gasteiger partial charge >= 0.3 is 6.09 Å². The average molecular weight is 242 g/mol. The maximum Gasteiger partial charge on any atom is 0.410 e. The number of carbonyl (C=O) groups is 1. The van der Waals surface area contributed by atoms with Gasteiger partial charge in [-0.2, -0.15) is 0 Å². The van der Waals surface area contributed by atoms with Crippen LogP contribution in [0.5, 0.6) is 0 Å². The Morgan fingerprint density at radius 2 is 1.82 bits per heavy atom. The zero-order chi connectivity index (χ0) is 13.3. The third kappa shape index (κ3) is 4.54. The van der Waals surface area contributed by atoms with Gasteiger partial charge in [0.1, 0.15) is 5.60 Å². The van der Waals surface area contributed by atoms with Gasteiger partial charge in [-0.1, -0.05) is 20.8 Å². The highest BCUT2D eigenvalue weighted by Gasteiger charge is 2.32. The summed E-state index contributed by atoms with van der Waals surface area (Å²) in [6.07, 6.45) is -0.201. The van der Waals surface area contributed by atoms with Gasteiger partial charge in [0.05, 0.1) is 0 Å². The lowest BCUT2D eigenvalue weighted by atomic mass is 9.85. The SMILES string of the molecule is CC(C)(C)OC(=O)N1CCN[C@@H](C(C)(C)C)C1. The van der Waals surface area contributed by atoms with Crippen molar-refractivity contribution in [3.05, 3.63) is 0 Å². The summed E-state index contributed by atoms with van der Waals surface area (Å²) in [5.74, 6) is 0. The third-order valence-corrected chi connectivity index (χ3v) is 2.87. The van der Waals surface area contributed by atoms with E-state index in [2.05, 4.69) is 26.1 Å². The van der Waals surface area contributed by atoms with Gasteiger partial charge in [-0.25, -0.2) is 4.79 Å². The van der Waals surface area contributed by atoms with E-state index in [1.807, 2.05) is 20.8 Å². The monoisotopic (exact) mass is 242 g/mol. The first-order valence-electron chi connectivity index (χ1n) is 6.31. The fourth-order valence-corrected chi connectivity index (χ4v) is 1.82. The highest BCUT2D eigenvalue weighted by molar-refractivity contribution is 5.68. The van der Waals surface area contributed by atoms with Gasteiger partial charge in [0.15, 0.2) is 0 Å². The topological polar surface area (TPSA) is 41.6 Å². The number of amides is 1. The summed E-state index contributed by atoms with van der Waals surface area (Å²) in [7, 11) is 0. The normalized spacial score (nSPS) is 22.5. The molecule has 0 radical (unpaired) electrons. The zero-order valence-corrected chi connectivity index (χ0v) is 12.0. The molecule has 17 heavy (non-hydrogen) atoms. The minimum absolute atomic E-state index is 0.153. The molecule has 0 aromatic carbocycles. The van der Waals surface area contributed by atoms with Crippen molar-refractivity contribution in [1.82, 2.24) is 10.2 Å². The van der Waals surface area contributed by atoms with Crippen LogP contribution in [-0.2, 0) is 4.74 Å². The Kier molecular flexibility index (Phi) is 4.07. The molecule has 0 aromatic rings. The number of nitrogens with zero attached hydrogens (tertiary/aromatic N) is 1. The molecule has 0 aromatic heterocycles. The van der Waals surface area contributed by atoms with Crippen LogP contribution in [-0.4, -0.2) is 42.3 Å².